The van der Waals surface area contributed by atoms with E-state index in [1.54, 1.807) is 6.26 Å². The largest absolute Gasteiger partial charge is 0.467 e. The maximum Gasteiger partial charge on any atom is 0.319 e. The molecule has 0 unspecified atom stereocenters. The normalized spacial score (nSPS) is 11.7. The molecule has 0 saturated heterocycles. The van der Waals surface area contributed by atoms with Crippen LogP contribution in [0.2, 0.25) is 0 Å². The van der Waals surface area contributed by atoms with E-state index in [1.807, 2.05) is 105 Å². The minimum Gasteiger partial charge on any atom is -0.467 e. The number of nitrogens with one attached hydrogen (secondary N) is 2. The van der Waals surface area contributed by atoms with Crippen LogP contribution in [0.4, 0.5) is 16.2 Å². The Morgan fingerprint density at radius 1 is 0.971 bits per heavy atom. The van der Waals surface area contributed by atoms with E-state index < -0.39 is 0 Å². The smallest absolute Gasteiger partial charge is 0.319 e. The Labute approximate surface area is 208 Å². The molecule has 35 heavy (non-hydrogen) atoms. The number of amides is 3. The van der Waals surface area contributed by atoms with Gasteiger partial charge >= 0.3 is 6.03 Å². The van der Waals surface area contributed by atoms with Crippen molar-refractivity contribution in [3.05, 3.63) is 83.8 Å². The molecule has 7 nitrogen and oxygen atoms in total. The second kappa shape index (κ2) is 12.1. The summed E-state index contributed by atoms with van der Waals surface area (Å²) in [6.45, 7) is 6.58. The average molecular weight is 477 g/mol. The van der Waals surface area contributed by atoms with Crippen molar-refractivity contribution in [3.8, 4) is 0 Å². The summed E-state index contributed by atoms with van der Waals surface area (Å²) in [5, 5.41) is 5.74. The van der Waals surface area contributed by atoms with Gasteiger partial charge in [0.15, 0.2) is 0 Å². The zero-order valence-corrected chi connectivity index (χ0v) is 21.2. The molecule has 0 aliphatic carbocycles. The molecular weight excluding hydrogens is 440 g/mol. The SMILES string of the molecule is CC[C@H](C(=O)N(Cc1ccco1)Cc1cc(NC(=O)NC(C)C)ccc1N(C)C)c1ccccc1. The second-order valence-corrected chi connectivity index (χ2v) is 9.14. The average Bonchev–Trinajstić information content (AvgIpc) is 3.32. The zero-order chi connectivity index (χ0) is 25.4. The minimum absolute atomic E-state index is 0.0286. The topological polar surface area (TPSA) is 77.8 Å². The van der Waals surface area contributed by atoms with Crippen LogP contribution in [0.15, 0.2) is 71.3 Å². The van der Waals surface area contributed by atoms with E-state index in [1.165, 1.54) is 0 Å². The predicted molar refractivity (Wildman–Crippen MR) is 140 cm³/mol. The number of furan rings is 1. The highest BCUT2D eigenvalue weighted by atomic mass is 16.3. The molecule has 7 heteroatoms. The standard InChI is InChI=1S/C28H36N4O3/c1-6-25(21-11-8-7-9-12-21)27(33)32(19-24-13-10-16-35-24)18-22-17-23(14-15-26(22)31(4)5)30-28(34)29-20(2)3/h7-17,20,25H,6,18-19H2,1-5H3,(H2,29,30,34)/t25-/m0/s1. The van der Waals surface area contributed by atoms with Gasteiger partial charge in [0.25, 0.3) is 0 Å². The van der Waals surface area contributed by atoms with Gasteiger partial charge in [0, 0.05) is 38.1 Å². The molecule has 3 aromatic rings. The first kappa shape index (κ1) is 25.9. The van der Waals surface area contributed by atoms with Crippen LogP contribution >= 0.6 is 0 Å². The number of hydrogen-bond acceptors (Lipinski definition) is 4. The van der Waals surface area contributed by atoms with E-state index in [4.69, 9.17) is 4.42 Å². The van der Waals surface area contributed by atoms with Gasteiger partial charge in [-0.25, -0.2) is 4.79 Å². The molecule has 0 bridgehead atoms. The Morgan fingerprint density at radius 3 is 2.31 bits per heavy atom. The van der Waals surface area contributed by atoms with Crippen molar-refractivity contribution in [1.29, 1.82) is 0 Å². The van der Waals surface area contributed by atoms with E-state index in [-0.39, 0.29) is 23.9 Å². The van der Waals surface area contributed by atoms with Crippen molar-refractivity contribution in [1.82, 2.24) is 10.2 Å². The van der Waals surface area contributed by atoms with Crippen LogP contribution in [0.1, 0.15) is 50.0 Å². The Bertz CT molecular complexity index is 1090. The molecule has 0 aliphatic heterocycles. The number of carbonyl (C=O) groups is 2. The lowest BCUT2D eigenvalue weighted by Gasteiger charge is -2.29. The summed E-state index contributed by atoms with van der Waals surface area (Å²) in [6.07, 6.45) is 2.31. The van der Waals surface area contributed by atoms with Gasteiger partial charge in [-0.05, 0) is 61.7 Å². The lowest BCUT2D eigenvalue weighted by Crippen LogP contribution is -2.35. The highest BCUT2D eigenvalue weighted by Gasteiger charge is 2.26. The van der Waals surface area contributed by atoms with Crippen molar-refractivity contribution in [3.63, 3.8) is 0 Å². The highest BCUT2D eigenvalue weighted by molar-refractivity contribution is 5.90. The molecule has 0 fully saturated rings. The zero-order valence-electron chi connectivity index (χ0n) is 21.2. The fraction of sp³-hybridized carbons (Fsp3) is 0.357. The van der Waals surface area contributed by atoms with Crippen molar-refractivity contribution in [2.75, 3.05) is 24.3 Å². The van der Waals surface area contributed by atoms with E-state index in [2.05, 4.69) is 10.6 Å². The number of anilines is 2. The van der Waals surface area contributed by atoms with Gasteiger partial charge in [0.1, 0.15) is 5.76 Å². The Balaban J connectivity index is 1.94. The Hall–Kier alpha value is -3.74. The second-order valence-electron chi connectivity index (χ2n) is 9.14. The third-order valence-electron chi connectivity index (χ3n) is 5.75. The lowest BCUT2D eigenvalue weighted by molar-refractivity contribution is -0.134. The monoisotopic (exact) mass is 476 g/mol. The third kappa shape index (κ3) is 7.12. The van der Waals surface area contributed by atoms with Crippen molar-refractivity contribution in [2.45, 2.75) is 52.2 Å². The first-order valence-corrected chi connectivity index (χ1v) is 12.0. The van der Waals surface area contributed by atoms with E-state index >= 15 is 0 Å². The summed E-state index contributed by atoms with van der Waals surface area (Å²) < 4.78 is 5.59. The predicted octanol–water partition coefficient (Wildman–Crippen LogP) is 5.60. The molecule has 0 radical (unpaired) electrons. The molecule has 0 aliphatic rings. The maximum atomic E-state index is 13.9. The van der Waals surface area contributed by atoms with Crippen LogP contribution in [-0.4, -0.2) is 37.0 Å². The fourth-order valence-electron chi connectivity index (χ4n) is 4.12. The van der Waals surface area contributed by atoms with Gasteiger partial charge < -0.3 is 24.9 Å². The van der Waals surface area contributed by atoms with Gasteiger partial charge in [-0.2, -0.15) is 0 Å². The van der Waals surface area contributed by atoms with Gasteiger partial charge in [-0.3, -0.25) is 4.79 Å². The lowest BCUT2D eigenvalue weighted by atomic mass is 9.94. The van der Waals surface area contributed by atoms with Crippen molar-refractivity contribution in [2.24, 2.45) is 0 Å². The molecule has 2 N–H and O–H groups in total. The van der Waals surface area contributed by atoms with Gasteiger partial charge in [0.2, 0.25) is 5.91 Å². The molecule has 0 spiro atoms. The number of benzene rings is 2. The molecule has 0 saturated carbocycles. The molecule has 3 amide bonds. The molecule has 3 rings (SSSR count). The maximum absolute atomic E-state index is 13.9. The quantitative estimate of drug-likeness (QED) is 0.399. The number of hydrogen-bond donors (Lipinski definition) is 2. The summed E-state index contributed by atoms with van der Waals surface area (Å²) in [5.41, 5.74) is 3.58. The van der Waals surface area contributed by atoms with Gasteiger partial charge in [0.05, 0.1) is 18.7 Å². The van der Waals surface area contributed by atoms with E-state index in [9.17, 15) is 9.59 Å². The Morgan fingerprint density at radius 2 is 1.71 bits per heavy atom. The van der Waals surface area contributed by atoms with Crippen LogP contribution < -0.4 is 15.5 Å². The van der Waals surface area contributed by atoms with Crippen LogP contribution in [0.3, 0.4) is 0 Å². The number of urea groups is 1. The van der Waals surface area contributed by atoms with Gasteiger partial charge in [-0.15, -0.1) is 0 Å². The molecule has 1 atom stereocenters. The summed E-state index contributed by atoms with van der Waals surface area (Å²) >= 11 is 0. The molecule has 186 valence electrons. The van der Waals surface area contributed by atoms with Crippen molar-refractivity contribution < 1.29 is 14.0 Å². The number of nitrogens with zero attached hydrogens (tertiary/aromatic N) is 2. The molecule has 1 aromatic heterocycles. The third-order valence-corrected chi connectivity index (χ3v) is 5.75. The van der Waals surface area contributed by atoms with Crippen LogP contribution in [-0.2, 0) is 17.9 Å². The minimum atomic E-state index is -0.262. The van der Waals surface area contributed by atoms with E-state index in [0.29, 0.717) is 25.2 Å². The highest BCUT2D eigenvalue weighted by Crippen LogP contribution is 2.28. The summed E-state index contributed by atoms with van der Waals surface area (Å²) in [7, 11) is 3.93. The van der Waals surface area contributed by atoms with Crippen molar-refractivity contribution >= 4 is 23.3 Å². The first-order valence-electron chi connectivity index (χ1n) is 12.0. The Kier molecular flexibility index (Phi) is 8.95. The number of rotatable bonds is 10. The van der Waals surface area contributed by atoms with Crippen LogP contribution in [0.5, 0.6) is 0 Å². The van der Waals surface area contributed by atoms with Crippen LogP contribution in [0, 0.1) is 0 Å². The summed E-state index contributed by atoms with van der Waals surface area (Å²) in [5.74, 6) is 0.501. The van der Waals surface area contributed by atoms with Gasteiger partial charge in [-0.1, -0.05) is 37.3 Å². The van der Waals surface area contributed by atoms with E-state index in [0.717, 1.165) is 22.6 Å². The molecular formula is C28H36N4O3. The molecule has 1 heterocycles. The summed E-state index contributed by atoms with van der Waals surface area (Å²) in [4.78, 5) is 30.0. The fourth-order valence-corrected chi connectivity index (χ4v) is 4.12. The molecule has 2 aromatic carbocycles. The van der Waals surface area contributed by atoms with Crippen LogP contribution in [0.25, 0.3) is 0 Å². The first-order chi connectivity index (χ1) is 16.8. The number of carbonyl (C=O) groups excluding carboxylic acids is 2. The summed E-state index contributed by atoms with van der Waals surface area (Å²) in [6, 6.07) is 19.1.